The molecule has 2 amide bonds. The Morgan fingerprint density at radius 2 is 2.17 bits per heavy atom. The van der Waals surface area contributed by atoms with Crippen LogP contribution >= 0.6 is 12.4 Å². The molecule has 7 nitrogen and oxygen atoms in total. The number of aromatic nitrogens is 2. The standard InChI is InChI=1S/C13H17F2N5O2.ClH/c1-18-6-9(5-17-18)20-3-2-19(7-11(20)21)12(22)10-4-13(14,15)8-16-10;/h5-6,10,16H,2-4,7-8H2,1H3;1H. The Balaban J connectivity index is 0.00000192. The molecule has 1 N–H and O–H groups in total. The molecule has 0 saturated carbocycles. The number of rotatable bonds is 2. The van der Waals surface area contributed by atoms with Gasteiger partial charge in [0.25, 0.3) is 5.92 Å². The van der Waals surface area contributed by atoms with Gasteiger partial charge in [-0.1, -0.05) is 0 Å². The molecule has 128 valence electrons. The highest BCUT2D eigenvalue weighted by Crippen LogP contribution is 2.26. The summed E-state index contributed by atoms with van der Waals surface area (Å²) in [6.07, 6.45) is 2.78. The molecule has 1 unspecified atom stereocenters. The molecule has 23 heavy (non-hydrogen) atoms. The van der Waals surface area contributed by atoms with Crippen molar-refractivity contribution in [2.75, 3.05) is 31.1 Å². The average Bonchev–Trinajstić information content (AvgIpc) is 3.03. The largest absolute Gasteiger partial charge is 0.330 e. The quantitative estimate of drug-likeness (QED) is 0.817. The first-order valence-electron chi connectivity index (χ1n) is 7.05. The molecule has 3 rings (SSSR count). The average molecular weight is 350 g/mol. The lowest BCUT2D eigenvalue weighted by atomic mass is 10.1. The summed E-state index contributed by atoms with van der Waals surface area (Å²) >= 11 is 0. The van der Waals surface area contributed by atoms with Crippen LogP contribution in [0.3, 0.4) is 0 Å². The third-order valence-corrected chi connectivity index (χ3v) is 3.94. The SMILES string of the molecule is Cl.Cn1cc(N2CCN(C(=O)C3CC(F)(F)CN3)CC2=O)cn1. The number of aryl methyl sites for hydroxylation is 1. The Bertz CT molecular complexity index is 609. The molecule has 0 spiro atoms. The zero-order valence-electron chi connectivity index (χ0n) is 12.5. The summed E-state index contributed by atoms with van der Waals surface area (Å²) < 4.78 is 27.9. The first kappa shape index (κ1) is 17.6. The second-order valence-corrected chi connectivity index (χ2v) is 5.67. The van der Waals surface area contributed by atoms with E-state index in [-0.39, 0.29) is 24.9 Å². The molecule has 0 aromatic carbocycles. The van der Waals surface area contributed by atoms with Crippen LogP contribution in [0.2, 0.25) is 0 Å². The minimum Gasteiger partial charge on any atom is -0.330 e. The fourth-order valence-corrected chi connectivity index (χ4v) is 2.79. The first-order chi connectivity index (χ1) is 10.4. The normalized spacial score (nSPS) is 23.8. The van der Waals surface area contributed by atoms with Crippen molar-refractivity contribution in [1.82, 2.24) is 20.0 Å². The van der Waals surface area contributed by atoms with Crippen LogP contribution in [0.1, 0.15) is 6.42 Å². The van der Waals surface area contributed by atoms with E-state index in [2.05, 4.69) is 10.4 Å². The van der Waals surface area contributed by atoms with Crippen LogP contribution in [-0.2, 0) is 16.6 Å². The Morgan fingerprint density at radius 1 is 1.43 bits per heavy atom. The molecular formula is C13H18ClF2N5O2. The van der Waals surface area contributed by atoms with E-state index in [4.69, 9.17) is 0 Å². The van der Waals surface area contributed by atoms with E-state index >= 15 is 0 Å². The van der Waals surface area contributed by atoms with Gasteiger partial charge < -0.3 is 9.80 Å². The van der Waals surface area contributed by atoms with Gasteiger partial charge in [-0.25, -0.2) is 8.78 Å². The van der Waals surface area contributed by atoms with E-state index in [1.807, 2.05) is 0 Å². The highest BCUT2D eigenvalue weighted by molar-refractivity contribution is 5.98. The van der Waals surface area contributed by atoms with Crippen LogP contribution in [0.4, 0.5) is 14.5 Å². The van der Waals surface area contributed by atoms with Crippen molar-refractivity contribution in [3.05, 3.63) is 12.4 Å². The molecule has 1 atom stereocenters. The van der Waals surface area contributed by atoms with E-state index in [1.165, 1.54) is 4.90 Å². The molecule has 0 aliphatic carbocycles. The maximum atomic E-state index is 13.2. The summed E-state index contributed by atoms with van der Waals surface area (Å²) in [5, 5.41) is 6.53. The lowest BCUT2D eigenvalue weighted by Crippen LogP contribution is -2.55. The number of anilines is 1. The monoisotopic (exact) mass is 349 g/mol. The number of piperazine rings is 1. The molecule has 1 aromatic heterocycles. The van der Waals surface area contributed by atoms with Gasteiger partial charge in [0.1, 0.15) is 6.54 Å². The number of hydrogen-bond acceptors (Lipinski definition) is 4. The van der Waals surface area contributed by atoms with Crippen molar-refractivity contribution in [3.63, 3.8) is 0 Å². The van der Waals surface area contributed by atoms with Crippen molar-refractivity contribution in [2.45, 2.75) is 18.4 Å². The molecule has 2 aliphatic rings. The summed E-state index contributed by atoms with van der Waals surface area (Å²) in [5.74, 6) is -3.53. The van der Waals surface area contributed by atoms with E-state index in [1.54, 1.807) is 29.0 Å². The van der Waals surface area contributed by atoms with Gasteiger partial charge in [0.05, 0.1) is 24.5 Å². The summed E-state index contributed by atoms with van der Waals surface area (Å²) in [5.41, 5.74) is 0.671. The molecule has 1 aromatic rings. The smallest absolute Gasteiger partial charge is 0.262 e. The highest BCUT2D eigenvalue weighted by Gasteiger charge is 2.44. The number of carbonyl (C=O) groups is 2. The van der Waals surface area contributed by atoms with Gasteiger partial charge in [-0.3, -0.25) is 19.6 Å². The topological polar surface area (TPSA) is 70.5 Å². The van der Waals surface area contributed by atoms with E-state index < -0.39 is 30.8 Å². The lowest BCUT2D eigenvalue weighted by Gasteiger charge is -2.34. The van der Waals surface area contributed by atoms with Crippen LogP contribution in [0.15, 0.2) is 12.4 Å². The maximum Gasteiger partial charge on any atom is 0.262 e. The molecule has 0 bridgehead atoms. The number of amides is 2. The molecule has 2 fully saturated rings. The Labute approximate surface area is 138 Å². The number of alkyl halides is 2. The van der Waals surface area contributed by atoms with Crippen molar-refractivity contribution in [3.8, 4) is 0 Å². The molecule has 10 heteroatoms. The second kappa shape index (κ2) is 6.40. The van der Waals surface area contributed by atoms with E-state index in [0.29, 0.717) is 18.8 Å². The van der Waals surface area contributed by atoms with Crippen molar-refractivity contribution in [1.29, 1.82) is 0 Å². The van der Waals surface area contributed by atoms with Crippen molar-refractivity contribution in [2.24, 2.45) is 7.05 Å². The van der Waals surface area contributed by atoms with Gasteiger partial charge in [-0.15, -0.1) is 12.4 Å². The number of nitrogens with one attached hydrogen (secondary N) is 1. The summed E-state index contributed by atoms with van der Waals surface area (Å²) in [6.45, 7) is 0.0626. The third-order valence-electron chi connectivity index (χ3n) is 3.94. The van der Waals surface area contributed by atoms with Gasteiger partial charge in [-0.2, -0.15) is 5.10 Å². The summed E-state index contributed by atoms with van der Waals surface area (Å²) in [4.78, 5) is 27.3. The molecule has 2 aliphatic heterocycles. The van der Waals surface area contributed by atoms with Crippen LogP contribution in [0.5, 0.6) is 0 Å². The van der Waals surface area contributed by atoms with Gasteiger partial charge >= 0.3 is 0 Å². The lowest BCUT2D eigenvalue weighted by molar-refractivity contribution is -0.138. The number of carbonyl (C=O) groups excluding carboxylic acids is 2. The van der Waals surface area contributed by atoms with Crippen LogP contribution in [0, 0.1) is 0 Å². The second-order valence-electron chi connectivity index (χ2n) is 5.67. The fourth-order valence-electron chi connectivity index (χ4n) is 2.79. The maximum absolute atomic E-state index is 13.2. The predicted octanol–water partition coefficient (Wildman–Crippen LogP) is 0.0143. The number of nitrogens with zero attached hydrogens (tertiary/aromatic N) is 4. The summed E-state index contributed by atoms with van der Waals surface area (Å²) in [6, 6.07) is -0.909. The molecule has 3 heterocycles. The van der Waals surface area contributed by atoms with Crippen LogP contribution in [0.25, 0.3) is 0 Å². The van der Waals surface area contributed by atoms with Gasteiger partial charge in [-0.05, 0) is 0 Å². The Hall–Kier alpha value is -1.74. The van der Waals surface area contributed by atoms with Crippen LogP contribution in [-0.4, -0.2) is 64.6 Å². The van der Waals surface area contributed by atoms with Gasteiger partial charge in [0.15, 0.2) is 0 Å². The van der Waals surface area contributed by atoms with E-state index in [0.717, 1.165) is 0 Å². The predicted molar refractivity (Wildman–Crippen MR) is 80.7 cm³/mol. The fraction of sp³-hybridized carbons (Fsp3) is 0.615. The minimum atomic E-state index is -2.86. The minimum absolute atomic E-state index is 0. The van der Waals surface area contributed by atoms with Crippen molar-refractivity contribution >= 4 is 29.9 Å². The third kappa shape index (κ3) is 3.61. The van der Waals surface area contributed by atoms with Gasteiger partial charge in [0.2, 0.25) is 11.8 Å². The molecule has 2 saturated heterocycles. The zero-order valence-corrected chi connectivity index (χ0v) is 13.4. The van der Waals surface area contributed by atoms with Crippen molar-refractivity contribution < 1.29 is 18.4 Å². The zero-order chi connectivity index (χ0) is 15.9. The summed E-state index contributed by atoms with van der Waals surface area (Å²) in [7, 11) is 1.75. The van der Waals surface area contributed by atoms with E-state index in [9.17, 15) is 18.4 Å². The van der Waals surface area contributed by atoms with Crippen LogP contribution < -0.4 is 10.2 Å². The first-order valence-corrected chi connectivity index (χ1v) is 7.05. The molecule has 0 radical (unpaired) electrons. The Morgan fingerprint density at radius 3 is 2.70 bits per heavy atom. The number of hydrogen-bond donors (Lipinski definition) is 1. The molecular weight excluding hydrogens is 332 g/mol. The highest BCUT2D eigenvalue weighted by atomic mass is 35.5. The number of halogens is 3. The Kier molecular flexibility index (Phi) is 4.90. The van der Waals surface area contributed by atoms with Gasteiger partial charge in [0, 0.05) is 32.8 Å².